The standard InChI is InChI=1S/C16H25NO2/c1-2-11-17-15-9-6-10-16(15)19-13-12-18-14-7-4-3-5-8-14/h3-5,7-8,15-17H,2,6,9-13H2,1H3. The lowest BCUT2D eigenvalue weighted by atomic mass is 10.2. The van der Waals surface area contributed by atoms with Gasteiger partial charge >= 0.3 is 0 Å². The first-order valence-corrected chi connectivity index (χ1v) is 7.43. The molecule has 1 aliphatic rings. The normalized spacial score (nSPS) is 22.6. The SMILES string of the molecule is CCCNC1CCCC1OCCOc1ccccc1. The molecule has 1 aromatic carbocycles. The number of nitrogens with one attached hydrogen (secondary N) is 1. The molecule has 19 heavy (non-hydrogen) atoms. The molecule has 0 heterocycles. The van der Waals surface area contributed by atoms with Crippen LogP contribution in [0.5, 0.6) is 5.75 Å². The van der Waals surface area contributed by atoms with E-state index in [0.717, 1.165) is 12.3 Å². The van der Waals surface area contributed by atoms with Gasteiger partial charge in [0.2, 0.25) is 0 Å². The number of para-hydroxylation sites is 1. The summed E-state index contributed by atoms with van der Waals surface area (Å²) in [5.74, 6) is 0.915. The molecule has 1 N–H and O–H groups in total. The number of rotatable bonds is 8. The molecule has 0 aliphatic heterocycles. The lowest BCUT2D eigenvalue weighted by Crippen LogP contribution is -2.38. The molecular weight excluding hydrogens is 238 g/mol. The zero-order valence-electron chi connectivity index (χ0n) is 11.8. The van der Waals surface area contributed by atoms with Crippen molar-refractivity contribution in [1.82, 2.24) is 5.32 Å². The first-order valence-electron chi connectivity index (χ1n) is 7.43. The fraction of sp³-hybridized carbons (Fsp3) is 0.625. The highest BCUT2D eigenvalue weighted by Crippen LogP contribution is 2.22. The average Bonchev–Trinajstić information content (AvgIpc) is 2.90. The topological polar surface area (TPSA) is 30.5 Å². The molecule has 2 atom stereocenters. The molecule has 0 aromatic heterocycles. The monoisotopic (exact) mass is 263 g/mol. The van der Waals surface area contributed by atoms with Crippen molar-refractivity contribution < 1.29 is 9.47 Å². The van der Waals surface area contributed by atoms with E-state index in [0.29, 0.717) is 25.4 Å². The molecule has 0 spiro atoms. The lowest BCUT2D eigenvalue weighted by Gasteiger charge is -2.21. The van der Waals surface area contributed by atoms with Gasteiger partial charge in [0.25, 0.3) is 0 Å². The van der Waals surface area contributed by atoms with Crippen molar-refractivity contribution >= 4 is 0 Å². The molecule has 1 aliphatic carbocycles. The third-order valence-electron chi connectivity index (χ3n) is 3.54. The molecule has 2 rings (SSSR count). The Bertz CT molecular complexity index is 342. The Labute approximate surface area is 116 Å². The summed E-state index contributed by atoms with van der Waals surface area (Å²) < 4.78 is 11.6. The van der Waals surface area contributed by atoms with Crippen molar-refractivity contribution in [3.05, 3.63) is 30.3 Å². The molecular formula is C16H25NO2. The van der Waals surface area contributed by atoms with Crippen LogP contribution in [0.3, 0.4) is 0 Å². The first kappa shape index (κ1) is 14.4. The minimum absolute atomic E-state index is 0.367. The van der Waals surface area contributed by atoms with Crippen LogP contribution in [-0.2, 0) is 4.74 Å². The van der Waals surface area contributed by atoms with Crippen molar-refractivity contribution in [2.24, 2.45) is 0 Å². The molecule has 1 aromatic rings. The van der Waals surface area contributed by atoms with E-state index >= 15 is 0 Å². The highest BCUT2D eigenvalue weighted by atomic mass is 16.5. The number of ether oxygens (including phenoxy) is 2. The Balaban J connectivity index is 1.62. The predicted molar refractivity (Wildman–Crippen MR) is 77.6 cm³/mol. The van der Waals surface area contributed by atoms with E-state index in [1.807, 2.05) is 30.3 Å². The zero-order chi connectivity index (χ0) is 13.3. The van der Waals surface area contributed by atoms with Gasteiger partial charge in [-0.05, 0) is 44.4 Å². The predicted octanol–water partition coefficient (Wildman–Crippen LogP) is 3.00. The molecule has 0 amide bonds. The molecule has 3 nitrogen and oxygen atoms in total. The molecule has 0 saturated heterocycles. The molecule has 1 fully saturated rings. The molecule has 2 unspecified atom stereocenters. The van der Waals surface area contributed by atoms with Crippen LogP contribution < -0.4 is 10.1 Å². The molecule has 0 bridgehead atoms. The second-order valence-electron chi connectivity index (χ2n) is 5.06. The largest absolute Gasteiger partial charge is 0.491 e. The van der Waals surface area contributed by atoms with E-state index < -0.39 is 0 Å². The van der Waals surface area contributed by atoms with E-state index in [4.69, 9.17) is 9.47 Å². The van der Waals surface area contributed by atoms with E-state index in [9.17, 15) is 0 Å². The van der Waals surface area contributed by atoms with Crippen LogP contribution in [0.25, 0.3) is 0 Å². The summed E-state index contributed by atoms with van der Waals surface area (Å²) >= 11 is 0. The minimum Gasteiger partial charge on any atom is -0.491 e. The van der Waals surface area contributed by atoms with Crippen LogP contribution in [0.1, 0.15) is 32.6 Å². The van der Waals surface area contributed by atoms with E-state index in [1.165, 1.54) is 25.7 Å². The highest BCUT2D eigenvalue weighted by molar-refractivity contribution is 5.20. The van der Waals surface area contributed by atoms with Crippen molar-refractivity contribution in [3.8, 4) is 5.75 Å². The van der Waals surface area contributed by atoms with E-state index in [-0.39, 0.29) is 0 Å². The van der Waals surface area contributed by atoms with Crippen molar-refractivity contribution in [2.75, 3.05) is 19.8 Å². The van der Waals surface area contributed by atoms with Crippen molar-refractivity contribution in [1.29, 1.82) is 0 Å². The molecule has 1 saturated carbocycles. The van der Waals surface area contributed by atoms with Gasteiger partial charge in [-0.2, -0.15) is 0 Å². The quantitative estimate of drug-likeness (QED) is 0.731. The third-order valence-corrected chi connectivity index (χ3v) is 3.54. The fourth-order valence-corrected chi connectivity index (χ4v) is 2.56. The first-order chi connectivity index (χ1) is 9.40. The summed E-state index contributed by atoms with van der Waals surface area (Å²) in [6.07, 6.45) is 5.23. The summed E-state index contributed by atoms with van der Waals surface area (Å²) in [5, 5.41) is 3.57. The van der Waals surface area contributed by atoms with Gasteiger partial charge in [0, 0.05) is 6.04 Å². The summed E-state index contributed by atoms with van der Waals surface area (Å²) in [5.41, 5.74) is 0. The van der Waals surface area contributed by atoms with Gasteiger partial charge in [-0.25, -0.2) is 0 Å². The third kappa shape index (κ3) is 4.84. The number of benzene rings is 1. The maximum atomic E-state index is 5.95. The maximum absolute atomic E-state index is 5.95. The summed E-state index contributed by atoms with van der Waals surface area (Å²) in [6, 6.07) is 10.4. The Kier molecular flexibility index (Phi) is 6.18. The molecule has 106 valence electrons. The van der Waals surface area contributed by atoms with Gasteiger partial charge in [0.15, 0.2) is 0 Å². The Morgan fingerprint density at radius 1 is 1.16 bits per heavy atom. The fourth-order valence-electron chi connectivity index (χ4n) is 2.56. The van der Waals surface area contributed by atoms with Crippen LogP contribution in [-0.4, -0.2) is 31.9 Å². The number of hydrogen-bond acceptors (Lipinski definition) is 3. The van der Waals surface area contributed by atoms with E-state index in [1.54, 1.807) is 0 Å². The average molecular weight is 263 g/mol. The van der Waals surface area contributed by atoms with Gasteiger partial charge < -0.3 is 14.8 Å². The summed E-state index contributed by atoms with van der Waals surface area (Å²) in [7, 11) is 0. The Morgan fingerprint density at radius 2 is 2.00 bits per heavy atom. The summed E-state index contributed by atoms with van der Waals surface area (Å²) in [6.45, 7) is 4.58. The van der Waals surface area contributed by atoms with Crippen molar-refractivity contribution in [2.45, 2.75) is 44.8 Å². The van der Waals surface area contributed by atoms with Crippen LogP contribution in [0.4, 0.5) is 0 Å². The van der Waals surface area contributed by atoms with Crippen molar-refractivity contribution in [3.63, 3.8) is 0 Å². The minimum atomic E-state index is 0.367. The van der Waals surface area contributed by atoms with Crippen LogP contribution in [0.15, 0.2) is 30.3 Å². The van der Waals surface area contributed by atoms with Gasteiger partial charge in [-0.3, -0.25) is 0 Å². The second kappa shape index (κ2) is 8.18. The van der Waals surface area contributed by atoms with Crippen LogP contribution in [0.2, 0.25) is 0 Å². The summed E-state index contributed by atoms with van der Waals surface area (Å²) in [4.78, 5) is 0. The Hall–Kier alpha value is -1.06. The molecule has 3 heteroatoms. The van der Waals surface area contributed by atoms with Gasteiger partial charge in [-0.1, -0.05) is 25.1 Å². The Morgan fingerprint density at radius 3 is 2.79 bits per heavy atom. The van der Waals surface area contributed by atoms with Crippen LogP contribution in [0, 0.1) is 0 Å². The van der Waals surface area contributed by atoms with Gasteiger partial charge in [-0.15, -0.1) is 0 Å². The number of hydrogen-bond donors (Lipinski definition) is 1. The lowest BCUT2D eigenvalue weighted by molar-refractivity contribution is 0.0228. The maximum Gasteiger partial charge on any atom is 0.119 e. The highest BCUT2D eigenvalue weighted by Gasteiger charge is 2.26. The van der Waals surface area contributed by atoms with Crippen LogP contribution >= 0.6 is 0 Å². The second-order valence-corrected chi connectivity index (χ2v) is 5.06. The van der Waals surface area contributed by atoms with Gasteiger partial charge in [0.1, 0.15) is 12.4 Å². The zero-order valence-corrected chi connectivity index (χ0v) is 11.8. The molecule has 0 radical (unpaired) electrons. The smallest absolute Gasteiger partial charge is 0.119 e. The van der Waals surface area contributed by atoms with Gasteiger partial charge in [0.05, 0.1) is 12.7 Å². The van der Waals surface area contributed by atoms with E-state index in [2.05, 4.69) is 12.2 Å².